The number of amides is 2. The predicted octanol–water partition coefficient (Wildman–Crippen LogP) is 3.27. The van der Waals surface area contributed by atoms with Crippen molar-refractivity contribution >= 4 is 29.1 Å². The number of carbonyl (C=O) groups excluding carboxylic acids is 2. The Morgan fingerprint density at radius 3 is 2.37 bits per heavy atom. The molecule has 2 aliphatic heterocycles. The number of nitrogens with zero attached hydrogens (tertiary/aromatic N) is 3. The lowest BCUT2D eigenvalue weighted by Gasteiger charge is -2.40. The molecule has 3 rings (SSSR count). The van der Waals surface area contributed by atoms with Gasteiger partial charge in [-0.25, -0.2) is 0 Å². The molecule has 5 nitrogen and oxygen atoms in total. The Bertz CT molecular complexity index is 693. The fourth-order valence-corrected chi connectivity index (χ4v) is 4.14. The summed E-state index contributed by atoms with van der Waals surface area (Å²) in [5.41, 5.74) is 0.710. The summed E-state index contributed by atoms with van der Waals surface area (Å²) in [6.07, 6.45) is 1.78. The first kappa shape index (κ1) is 20.0. The minimum absolute atomic E-state index is 0.0669. The standard InChI is InChI=1S/C21H30ClN3O2/c1-21(2,3)20(27)25-9-5-6-16(15-25)19(26)24-12-10-23(11-13-24)18-8-4-7-17(22)14-18/h4,7-8,14,16H,5-6,9-13,15H2,1-3H3/t16-/m0/s1. The highest BCUT2D eigenvalue weighted by Gasteiger charge is 2.35. The van der Waals surface area contributed by atoms with Gasteiger partial charge in [0, 0.05) is 55.4 Å². The van der Waals surface area contributed by atoms with Gasteiger partial charge in [-0.2, -0.15) is 0 Å². The van der Waals surface area contributed by atoms with E-state index in [2.05, 4.69) is 11.0 Å². The zero-order chi connectivity index (χ0) is 19.6. The van der Waals surface area contributed by atoms with Crippen LogP contribution in [0, 0.1) is 11.3 Å². The molecule has 148 valence electrons. The molecular formula is C21H30ClN3O2. The first-order chi connectivity index (χ1) is 12.8. The molecule has 1 aromatic rings. The number of piperazine rings is 1. The lowest BCUT2D eigenvalue weighted by molar-refractivity contribution is -0.145. The minimum Gasteiger partial charge on any atom is -0.368 e. The summed E-state index contributed by atoms with van der Waals surface area (Å²) < 4.78 is 0. The lowest BCUT2D eigenvalue weighted by Crippen LogP contribution is -2.54. The van der Waals surface area contributed by atoms with E-state index in [9.17, 15) is 9.59 Å². The van der Waals surface area contributed by atoms with E-state index in [0.717, 1.165) is 56.3 Å². The smallest absolute Gasteiger partial charge is 0.227 e. The fraction of sp³-hybridized carbons (Fsp3) is 0.619. The Kier molecular flexibility index (Phi) is 5.99. The van der Waals surface area contributed by atoms with Gasteiger partial charge in [0.2, 0.25) is 11.8 Å². The van der Waals surface area contributed by atoms with Crippen LogP contribution in [0.3, 0.4) is 0 Å². The van der Waals surface area contributed by atoms with Crippen LogP contribution in [0.2, 0.25) is 5.02 Å². The van der Waals surface area contributed by atoms with Crippen molar-refractivity contribution in [2.75, 3.05) is 44.2 Å². The SMILES string of the molecule is CC(C)(C)C(=O)N1CCC[C@H](C(=O)N2CCN(c3cccc(Cl)c3)CC2)C1. The summed E-state index contributed by atoms with van der Waals surface area (Å²) in [6, 6.07) is 7.85. The van der Waals surface area contributed by atoms with Crippen LogP contribution in [0.25, 0.3) is 0 Å². The molecule has 2 saturated heterocycles. The van der Waals surface area contributed by atoms with Gasteiger partial charge >= 0.3 is 0 Å². The van der Waals surface area contributed by atoms with Crippen LogP contribution in [0.5, 0.6) is 0 Å². The monoisotopic (exact) mass is 391 g/mol. The molecular weight excluding hydrogens is 362 g/mol. The van der Waals surface area contributed by atoms with E-state index in [1.165, 1.54) is 0 Å². The number of anilines is 1. The van der Waals surface area contributed by atoms with Gasteiger partial charge < -0.3 is 14.7 Å². The molecule has 0 radical (unpaired) electrons. The quantitative estimate of drug-likeness (QED) is 0.777. The van der Waals surface area contributed by atoms with E-state index in [0.29, 0.717) is 6.54 Å². The third-order valence-electron chi connectivity index (χ3n) is 5.46. The average molecular weight is 392 g/mol. The Labute approximate surface area is 167 Å². The van der Waals surface area contributed by atoms with Crippen LogP contribution in [0.4, 0.5) is 5.69 Å². The van der Waals surface area contributed by atoms with Crippen LogP contribution in [0.1, 0.15) is 33.6 Å². The van der Waals surface area contributed by atoms with Crippen molar-refractivity contribution in [2.24, 2.45) is 11.3 Å². The lowest BCUT2D eigenvalue weighted by atomic mass is 9.90. The number of carbonyl (C=O) groups is 2. The van der Waals surface area contributed by atoms with E-state index in [4.69, 9.17) is 11.6 Å². The van der Waals surface area contributed by atoms with Gasteiger partial charge in [0.15, 0.2) is 0 Å². The molecule has 6 heteroatoms. The summed E-state index contributed by atoms with van der Waals surface area (Å²) in [5.74, 6) is 0.278. The number of hydrogen-bond donors (Lipinski definition) is 0. The van der Waals surface area contributed by atoms with Gasteiger partial charge in [-0.15, -0.1) is 0 Å². The van der Waals surface area contributed by atoms with E-state index >= 15 is 0 Å². The predicted molar refractivity (Wildman–Crippen MR) is 109 cm³/mol. The zero-order valence-electron chi connectivity index (χ0n) is 16.6. The minimum atomic E-state index is -0.395. The summed E-state index contributed by atoms with van der Waals surface area (Å²) in [6.45, 7) is 10.2. The van der Waals surface area contributed by atoms with Gasteiger partial charge in [0.25, 0.3) is 0 Å². The normalized spacial score (nSPS) is 21.3. The molecule has 0 aliphatic carbocycles. The highest BCUT2D eigenvalue weighted by molar-refractivity contribution is 6.30. The van der Waals surface area contributed by atoms with Crippen LogP contribution in [-0.2, 0) is 9.59 Å². The van der Waals surface area contributed by atoms with Crippen molar-refractivity contribution in [1.82, 2.24) is 9.80 Å². The van der Waals surface area contributed by atoms with Crippen LogP contribution in [0.15, 0.2) is 24.3 Å². The second-order valence-electron chi connectivity index (χ2n) is 8.63. The van der Waals surface area contributed by atoms with Gasteiger partial charge in [-0.3, -0.25) is 9.59 Å². The van der Waals surface area contributed by atoms with E-state index in [1.807, 2.05) is 48.8 Å². The summed E-state index contributed by atoms with van der Waals surface area (Å²) >= 11 is 6.09. The number of benzene rings is 1. The molecule has 2 fully saturated rings. The van der Waals surface area contributed by atoms with Gasteiger partial charge in [0.05, 0.1) is 5.92 Å². The molecule has 0 unspecified atom stereocenters. The van der Waals surface area contributed by atoms with Crippen molar-refractivity contribution in [2.45, 2.75) is 33.6 Å². The maximum atomic E-state index is 13.0. The number of piperidine rings is 1. The molecule has 2 amide bonds. The van der Waals surface area contributed by atoms with Crippen molar-refractivity contribution in [1.29, 1.82) is 0 Å². The molecule has 0 N–H and O–H groups in total. The number of halogens is 1. The van der Waals surface area contributed by atoms with Crippen molar-refractivity contribution in [3.63, 3.8) is 0 Å². The van der Waals surface area contributed by atoms with Crippen molar-refractivity contribution in [3.8, 4) is 0 Å². The molecule has 0 aromatic heterocycles. The molecule has 2 heterocycles. The van der Waals surface area contributed by atoms with Gasteiger partial charge in [0.1, 0.15) is 0 Å². The number of likely N-dealkylation sites (tertiary alicyclic amines) is 1. The Morgan fingerprint density at radius 2 is 1.74 bits per heavy atom. The first-order valence-corrected chi connectivity index (χ1v) is 10.2. The Morgan fingerprint density at radius 1 is 1.04 bits per heavy atom. The summed E-state index contributed by atoms with van der Waals surface area (Å²) in [4.78, 5) is 31.7. The van der Waals surface area contributed by atoms with E-state index < -0.39 is 5.41 Å². The second-order valence-corrected chi connectivity index (χ2v) is 9.07. The van der Waals surface area contributed by atoms with Crippen molar-refractivity contribution < 1.29 is 9.59 Å². The van der Waals surface area contributed by atoms with Gasteiger partial charge in [-0.1, -0.05) is 38.4 Å². The molecule has 27 heavy (non-hydrogen) atoms. The van der Waals surface area contributed by atoms with E-state index in [1.54, 1.807) is 0 Å². The second kappa shape index (κ2) is 8.09. The fourth-order valence-electron chi connectivity index (χ4n) is 3.95. The highest BCUT2D eigenvalue weighted by atomic mass is 35.5. The summed E-state index contributed by atoms with van der Waals surface area (Å²) in [7, 11) is 0. The molecule has 0 saturated carbocycles. The molecule has 1 aromatic carbocycles. The zero-order valence-corrected chi connectivity index (χ0v) is 17.3. The third kappa shape index (κ3) is 4.75. The average Bonchev–Trinajstić information content (AvgIpc) is 2.66. The third-order valence-corrected chi connectivity index (χ3v) is 5.70. The topological polar surface area (TPSA) is 43.9 Å². The number of hydrogen-bond acceptors (Lipinski definition) is 3. The molecule has 2 aliphatic rings. The van der Waals surface area contributed by atoms with Gasteiger partial charge in [-0.05, 0) is 31.0 Å². The maximum Gasteiger partial charge on any atom is 0.227 e. The highest BCUT2D eigenvalue weighted by Crippen LogP contribution is 2.26. The number of rotatable bonds is 2. The Balaban J connectivity index is 1.56. The van der Waals surface area contributed by atoms with Crippen molar-refractivity contribution in [3.05, 3.63) is 29.3 Å². The van der Waals surface area contributed by atoms with Crippen LogP contribution >= 0.6 is 11.6 Å². The van der Waals surface area contributed by atoms with Crippen LogP contribution < -0.4 is 4.90 Å². The van der Waals surface area contributed by atoms with Crippen LogP contribution in [-0.4, -0.2) is 60.9 Å². The largest absolute Gasteiger partial charge is 0.368 e. The molecule has 0 spiro atoms. The summed E-state index contributed by atoms with van der Waals surface area (Å²) in [5, 5.41) is 0.733. The molecule has 1 atom stereocenters. The first-order valence-electron chi connectivity index (χ1n) is 9.84. The maximum absolute atomic E-state index is 13.0. The Hall–Kier alpha value is -1.75. The van der Waals surface area contributed by atoms with E-state index in [-0.39, 0.29) is 17.7 Å². The molecule has 0 bridgehead atoms.